The Hall–Kier alpha value is -2.43. The Balaban J connectivity index is 1.91. The molecule has 1 aliphatic heterocycles. The van der Waals surface area contributed by atoms with Crippen molar-refractivity contribution in [2.45, 2.75) is 18.9 Å². The zero-order valence-corrected chi connectivity index (χ0v) is 12.7. The third kappa shape index (κ3) is 2.54. The standard InChI is InChI=1S/C17H19NO4/c1-20-12-7-8-13(16(11-12)21-2)14-5-3-9-18(14)17(19)15-6-4-10-22-15/h4,6-8,10-11,14H,3,5,9H2,1-2H3/t14-/m0/s1. The van der Waals surface area contributed by atoms with Crippen molar-refractivity contribution in [3.8, 4) is 11.5 Å². The Bertz CT molecular complexity index is 651. The van der Waals surface area contributed by atoms with Crippen molar-refractivity contribution in [1.82, 2.24) is 4.90 Å². The monoisotopic (exact) mass is 301 g/mol. The number of rotatable bonds is 4. The maximum Gasteiger partial charge on any atom is 0.290 e. The van der Waals surface area contributed by atoms with Gasteiger partial charge in [-0.3, -0.25) is 4.79 Å². The van der Waals surface area contributed by atoms with Gasteiger partial charge in [-0.2, -0.15) is 0 Å². The van der Waals surface area contributed by atoms with E-state index in [0.29, 0.717) is 5.76 Å². The summed E-state index contributed by atoms with van der Waals surface area (Å²) in [5.41, 5.74) is 1.00. The van der Waals surface area contributed by atoms with Crippen LogP contribution in [0, 0.1) is 0 Å². The van der Waals surface area contributed by atoms with Crippen LogP contribution in [0.25, 0.3) is 0 Å². The fraction of sp³-hybridized carbons (Fsp3) is 0.353. The molecular weight excluding hydrogens is 282 g/mol. The van der Waals surface area contributed by atoms with Crippen LogP contribution < -0.4 is 9.47 Å². The van der Waals surface area contributed by atoms with Gasteiger partial charge in [-0.1, -0.05) is 0 Å². The molecule has 0 saturated carbocycles. The number of carbonyl (C=O) groups is 1. The molecule has 1 fully saturated rings. The molecule has 0 aliphatic carbocycles. The van der Waals surface area contributed by atoms with Gasteiger partial charge in [-0.05, 0) is 37.1 Å². The molecule has 2 aromatic rings. The molecule has 1 aliphatic rings. The van der Waals surface area contributed by atoms with Crippen molar-refractivity contribution in [2.24, 2.45) is 0 Å². The van der Waals surface area contributed by atoms with Crippen molar-refractivity contribution in [2.75, 3.05) is 20.8 Å². The maximum absolute atomic E-state index is 12.6. The van der Waals surface area contributed by atoms with Gasteiger partial charge < -0.3 is 18.8 Å². The van der Waals surface area contributed by atoms with Crippen LogP contribution >= 0.6 is 0 Å². The number of hydrogen-bond donors (Lipinski definition) is 0. The second-order valence-corrected chi connectivity index (χ2v) is 5.24. The molecule has 1 amide bonds. The predicted molar refractivity (Wildman–Crippen MR) is 81.3 cm³/mol. The van der Waals surface area contributed by atoms with Crippen LogP contribution in [0.2, 0.25) is 0 Å². The zero-order valence-electron chi connectivity index (χ0n) is 12.7. The first-order valence-electron chi connectivity index (χ1n) is 7.31. The van der Waals surface area contributed by atoms with E-state index >= 15 is 0 Å². The Labute approximate surface area is 129 Å². The lowest BCUT2D eigenvalue weighted by atomic mass is 10.0. The van der Waals surface area contributed by atoms with Gasteiger partial charge in [0.25, 0.3) is 5.91 Å². The number of methoxy groups -OCH3 is 2. The van der Waals surface area contributed by atoms with E-state index in [1.54, 1.807) is 26.4 Å². The van der Waals surface area contributed by atoms with Gasteiger partial charge in [0, 0.05) is 18.2 Å². The highest BCUT2D eigenvalue weighted by Gasteiger charge is 2.33. The summed E-state index contributed by atoms with van der Waals surface area (Å²) in [6.45, 7) is 0.722. The fourth-order valence-corrected chi connectivity index (χ4v) is 2.97. The molecule has 1 atom stereocenters. The normalized spacial score (nSPS) is 17.5. The zero-order chi connectivity index (χ0) is 15.5. The molecule has 0 spiro atoms. The van der Waals surface area contributed by atoms with E-state index < -0.39 is 0 Å². The lowest BCUT2D eigenvalue weighted by Crippen LogP contribution is -2.30. The third-order valence-electron chi connectivity index (χ3n) is 4.05. The molecule has 0 radical (unpaired) electrons. The van der Waals surface area contributed by atoms with Gasteiger partial charge in [-0.15, -0.1) is 0 Å². The number of furan rings is 1. The molecule has 116 valence electrons. The SMILES string of the molecule is COc1ccc([C@@H]2CCCN2C(=O)c2ccco2)c(OC)c1. The highest BCUT2D eigenvalue weighted by Crippen LogP contribution is 2.39. The minimum absolute atomic E-state index is 0.00143. The van der Waals surface area contributed by atoms with Gasteiger partial charge in [0.1, 0.15) is 11.5 Å². The van der Waals surface area contributed by atoms with E-state index in [1.165, 1.54) is 6.26 Å². The van der Waals surface area contributed by atoms with Crippen LogP contribution in [0.15, 0.2) is 41.0 Å². The van der Waals surface area contributed by atoms with E-state index in [2.05, 4.69) is 0 Å². The first-order chi connectivity index (χ1) is 10.7. The fourth-order valence-electron chi connectivity index (χ4n) is 2.97. The Morgan fingerprint density at radius 3 is 2.82 bits per heavy atom. The summed E-state index contributed by atoms with van der Waals surface area (Å²) in [5.74, 6) is 1.77. The van der Waals surface area contributed by atoms with E-state index in [-0.39, 0.29) is 11.9 Å². The molecule has 2 heterocycles. The summed E-state index contributed by atoms with van der Waals surface area (Å²) in [4.78, 5) is 14.4. The average molecular weight is 301 g/mol. The number of benzene rings is 1. The van der Waals surface area contributed by atoms with Gasteiger partial charge in [0.15, 0.2) is 5.76 Å². The molecule has 0 N–H and O–H groups in total. The lowest BCUT2D eigenvalue weighted by molar-refractivity contribution is 0.0702. The summed E-state index contributed by atoms with van der Waals surface area (Å²) < 4.78 is 16.0. The minimum Gasteiger partial charge on any atom is -0.497 e. The Kier molecular flexibility index (Phi) is 4.04. The predicted octanol–water partition coefficient (Wildman–Crippen LogP) is 3.27. The van der Waals surface area contributed by atoms with Crippen LogP contribution in [-0.2, 0) is 0 Å². The molecule has 3 rings (SSSR count). The summed E-state index contributed by atoms with van der Waals surface area (Å²) in [6.07, 6.45) is 3.40. The molecule has 1 aromatic carbocycles. The second-order valence-electron chi connectivity index (χ2n) is 5.24. The van der Waals surface area contributed by atoms with Crippen LogP contribution in [-0.4, -0.2) is 31.6 Å². The van der Waals surface area contributed by atoms with Gasteiger partial charge >= 0.3 is 0 Å². The van der Waals surface area contributed by atoms with Crippen LogP contribution in [0.5, 0.6) is 11.5 Å². The molecular formula is C17H19NO4. The molecule has 1 saturated heterocycles. The van der Waals surface area contributed by atoms with Crippen LogP contribution in [0.3, 0.4) is 0 Å². The number of ether oxygens (including phenoxy) is 2. The van der Waals surface area contributed by atoms with Crippen LogP contribution in [0.4, 0.5) is 0 Å². The van der Waals surface area contributed by atoms with E-state index in [9.17, 15) is 4.79 Å². The summed E-state index contributed by atoms with van der Waals surface area (Å²) in [7, 11) is 3.25. The van der Waals surface area contributed by atoms with Crippen molar-refractivity contribution < 1.29 is 18.7 Å². The highest BCUT2D eigenvalue weighted by atomic mass is 16.5. The number of amides is 1. The lowest BCUT2D eigenvalue weighted by Gasteiger charge is -2.25. The molecule has 0 bridgehead atoms. The number of hydrogen-bond acceptors (Lipinski definition) is 4. The third-order valence-corrected chi connectivity index (χ3v) is 4.05. The molecule has 5 nitrogen and oxygen atoms in total. The minimum atomic E-state index is -0.0784. The van der Waals surface area contributed by atoms with Gasteiger partial charge in [0.05, 0.1) is 26.5 Å². The number of likely N-dealkylation sites (tertiary alicyclic amines) is 1. The highest BCUT2D eigenvalue weighted by molar-refractivity contribution is 5.92. The van der Waals surface area contributed by atoms with Crippen molar-refractivity contribution in [3.05, 3.63) is 47.9 Å². The molecule has 22 heavy (non-hydrogen) atoms. The molecule has 0 unspecified atom stereocenters. The van der Waals surface area contributed by atoms with Gasteiger partial charge in [0.2, 0.25) is 0 Å². The molecule has 5 heteroatoms. The first kappa shape index (κ1) is 14.5. The van der Waals surface area contributed by atoms with Crippen molar-refractivity contribution >= 4 is 5.91 Å². The molecule has 1 aromatic heterocycles. The summed E-state index contributed by atoms with van der Waals surface area (Å²) in [5, 5.41) is 0. The van der Waals surface area contributed by atoms with Crippen molar-refractivity contribution in [1.29, 1.82) is 0 Å². The maximum atomic E-state index is 12.6. The summed E-state index contributed by atoms with van der Waals surface area (Å²) in [6, 6.07) is 9.14. The topological polar surface area (TPSA) is 51.9 Å². The smallest absolute Gasteiger partial charge is 0.290 e. The number of carbonyl (C=O) groups excluding carboxylic acids is 1. The van der Waals surface area contributed by atoms with Crippen LogP contribution in [0.1, 0.15) is 35.0 Å². The second kappa shape index (κ2) is 6.13. The van der Waals surface area contributed by atoms with E-state index in [4.69, 9.17) is 13.9 Å². The average Bonchev–Trinajstić information content (AvgIpc) is 3.24. The number of nitrogens with zero attached hydrogens (tertiary/aromatic N) is 1. The quantitative estimate of drug-likeness (QED) is 0.869. The Morgan fingerprint density at radius 2 is 2.14 bits per heavy atom. The largest absolute Gasteiger partial charge is 0.497 e. The Morgan fingerprint density at radius 1 is 1.27 bits per heavy atom. The van der Waals surface area contributed by atoms with Gasteiger partial charge in [-0.25, -0.2) is 0 Å². The van der Waals surface area contributed by atoms with Crippen molar-refractivity contribution in [3.63, 3.8) is 0 Å². The first-order valence-corrected chi connectivity index (χ1v) is 7.31. The van der Waals surface area contributed by atoms with E-state index in [0.717, 1.165) is 36.4 Å². The summed E-state index contributed by atoms with van der Waals surface area (Å²) >= 11 is 0. The van der Waals surface area contributed by atoms with E-state index in [1.807, 2.05) is 23.1 Å².